The van der Waals surface area contributed by atoms with Crippen LogP contribution in [0.25, 0.3) is 23.5 Å². The molecule has 5 aromatic rings. The van der Waals surface area contributed by atoms with E-state index in [0.29, 0.717) is 22.3 Å². The summed E-state index contributed by atoms with van der Waals surface area (Å²) in [5.74, 6) is 1.23. The van der Waals surface area contributed by atoms with E-state index in [4.69, 9.17) is 19.9 Å². The van der Waals surface area contributed by atoms with Crippen LogP contribution in [0, 0.1) is 0 Å². The smallest absolute Gasteiger partial charge is 0.418 e. The Morgan fingerprint density at radius 1 is 0.431 bits per heavy atom. The fourth-order valence-electron chi connectivity index (χ4n) is 5.28. The Kier molecular flexibility index (Phi) is 14.7. The summed E-state index contributed by atoms with van der Waals surface area (Å²) in [7, 11) is -12.0. The number of pyridine rings is 2. The summed E-state index contributed by atoms with van der Waals surface area (Å²) in [4.78, 5) is 19.4. The first kappa shape index (κ1) is 42.2. The second kappa shape index (κ2) is 20.3. The zero-order valence-electron chi connectivity index (χ0n) is 30.4. The van der Waals surface area contributed by atoms with Gasteiger partial charge in [0.1, 0.15) is 35.5 Å². The largest absolute Gasteiger partial charge is 0.673 e. The van der Waals surface area contributed by atoms with E-state index < -0.39 is 14.5 Å². The summed E-state index contributed by atoms with van der Waals surface area (Å²) in [5, 5.41) is 7.86. The molecular weight excluding hydrogens is 766 g/mol. The highest BCUT2D eigenvalue weighted by Gasteiger charge is 2.21. The minimum Gasteiger partial charge on any atom is -0.418 e. The fourth-order valence-corrected chi connectivity index (χ4v) is 5.28. The number of aromatic nitrogens is 6. The minimum atomic E-state index is -6.00. The molecule has 3 aromatic heterocycles. The van der Waals surface area contributed by atoms with Crippen molar-refractivity contribution in [3.05, 3.63) is 192 Å². The quantitative estimate of drug-likeness (QED) is 0.107. The van der Waals surface area contributed by atoms with Crippen molar-refractivity contribution in [2.75, 3.05) is 10.6 Å². The Balaban J connectivity index is 0.000000574. The van der Waals surface area contributed by atoms with Crippen molar-refractivity contribution in [2.45, 2.75) is 12.8 Å². The number of fused-ring (bicyclic) bond motifs is 2. The molecule has 2 aliphatic rings. The highest BCUT2D eigenvalue weighted by Crippen LogP contribution is 2.10. The summed E-state index contributed by atoms with van der Waals surface area (Å²) in [6, 6.07) is 29.4. The van der Waals surface area contributed by atoms with Gasteiger partial charge in [0.2, 0.25) is 11.4 Å². The van der Waals surface area contributed by atoms with Gasteiger partial charge < -0.3 is 45.2 Å². The Morgan fingerprint density at radius 2 is 0.741 bits per heavy atom. The molecule has 8 nitrogen and oxygen atoms in total. The third kappa shape index (κ3) is 14.9. The van der Waals surface area contributed by atoms with Crippen molar-refractivity contribution < 1.29 is 43.7 Å². The normalized spacial score (nSPS) is 12.0. The van der Waals surface area contributed by atoms with Crippen molar-refractivity contribution in [3.8, 4) is 11.4 Å². The number of halogens is 8. The molecule has 0 aliphatic carbocycles. The molecule has 0 atom stereocenters. The van der Waals surface area contributed by atoms with Crippen molar-refractivity contribution in [1.29, 1.82) is 0 Å². The second-order valence-electron chi connectivity index (χ2n) is 12.2. The molecule has 0 spiro atoms. The summed E-state index contributed by atoms with van der Waals surface area (Å²) in [6.45, 7) is 0. The van der Waals surface area contributed by atoms with Crippen LogP contribution >= 0.6 is 0 Å². The zero-order chi connectivity index (χ0) is 41.4. The summed E-state index contributed by atoms with van der Waals surface area (Å²) >= 11 is 0. The minimum absolute atomic E-state index is 0.617. The van der Waals surface area contributed by atoms with Gasteiger partial charge in [-0.15, -0.1) is 0 Å². The standard InChI is InChI=1S/C40H34N8.2BF4/c1-3-9-31(10-4-1)25-33-15-21-47(22-16-33)35-27-43-37-13-7-20-42-40(37)46-30-36(28-44-38-14-8-19-41-39(38)45-29-35)48-23-17-34(18-24-48)26-32-11-5-2-6-12-32;2*2-1(3,4)5/h1-24,27-30H,25-26H2,(H,41,45)(H,42,46);;/q+2;2*-1. The van der Waals surface area contributed by atoms with Gasteiger partial charge in [0, 0.05) is 36.7 Å². The average molecular weight is 800 g/mol. The molecule has 0 unspecified atom stereocenters. The van der Waals surface area contributed by atoms with E-state index in [-0.39, 0.29) is 0 Å². The lowest BCUT2D eigenvalue weighted by Crippen LogP contribution is -2.30. The Bertz CT molecular complexity index is 2270. The second-order valence-corrected chi connectivity index (χ2v) is 12.2. The van der Waals surface area contributed by atoms with E-state index >= 15 is 0 Å². The Morgan fingerprint density at radius 3 is 1.09 bits per heavy atom. The SMILES string of the molecule is C1=CNc2ncc(-[n+]3ccc(Cc4ccccc4)cc3)cnc3c(ncc(-[n+]4ccc(Cc5ccccc5)cc4)cnc2=C1)NC=CC=3.F[B-](F)(F)F.F[B-](F)(F)F. The maximum Gasteiger partial charge on any atom is 0.673 e. The molecular formula is C40H34B2F8N8. The van der Waals surface area contributed by atoms with Crippen LogP contribution in [-0.2, 0) is 12.8 Å². The predicted octanol–water partition coefficient (Wildman–Crippen LogP) is 7.29. The van der Waals surface area contributed by atoms with Gasteiger partial charge in [-0.3, -0.25) is 0 Å². The molecule has 5 heterocycles. The highest BCUT2D eigenvalue weighted by atomic mass is 19.5. The van der Waals surface area contributed by atoms with Gasteiger partial charge in [-0.05, 0) is 59.4 Å². The van der Waals surface area contributed by atoms with E-state index in [2.05, 4.69) is 83.4 Å². The maximum atomic E-state index is 9.75. The molecule has 0 amide bonds. The zero-order valence-corrected chi connectivity index (χ0v) is 30.4. The van der Waals surface area contributed by atoms with Gasteiger partial charge in [0.15, 0.2) is 36.4 Å². The highest BCUT2D eigenvalue weighted by molar-refractivity contribution is 6.50. The number of allylic oxidation sites excluding steroid dienone is 2. The summed E-state index contributed by atoms with van der Waals surface area (Å²) < 4.78 is 82.0. The molecule has 2 aliphatic heterocycles. The topological polar surface area (TPSA) is 83.4 Å². The predicted molar refractivity (Wildman–Crippen MR) is 209 cm³/mol. The maximum absolute atomic E-state index is 9.75. The lowest BCUT2D eigenvalue weighted by Gasteiger charge is -2.03. The molecule has 2 N–H and O–H groups in total. The van der Waals surface area contributed by atoms with Gasteiger partial charge >= 0.3 is 14.5 Å². The number of hydrogen-bond donors (Lipinski definition) is 2. The first-order valence-electron chi connectivity index (χ1n) is 17.5. The van der Waals surface area contributed by atoms with Gasteiger partial charge in [-0.2, -0.15) is 9.13 Å². The third-order valence-corrected chi connectivity index (χ3v) is 7.84. The van der Waals surface area contributed by atoms with Crippen LogP contribution in [0.2, 0.25) is 0 Å². The van der Waals surface area contributed by atoms with E-state index in [1.165, 1.54) is 22.3 Å². The van der Waals surface area contributed by atoms with Crippen molar-refractivity contribution in [3.63, 3.8) is 0 Å². The van der Waals surface area contributed by atoms with Crippen LogP contribution in [0.3, 0.4) is 0 Å². The molecule has 18 heteroatoms. The average Bonchev–Trinajstić information content (AvgIpc) is 3.19. The van der Waals surface area contributed by atoms with Crippen LogP contribution in [0.15, 0.2) is 159 Å². The van der Waals surface area contributed by atoms with E-state index in [1.807, 2.05) is 82.8 Å². The monoisotopic (exact) mass is 800 g/mol. The summed E-state index contributed by atoms with van der Waals surface area (Å²) in [5.41, 5.74) is 6.50. The number of rotatable bonds is 6. The van der Waals surface area contributed by atoms with Crippen LogP contribution in [0.4, 0.5) is 46.2 Å². The van der Waals surface area contributed by atoms with Crippen LogP contribution in [-0.4, -0.2) is 34.4 Å². The molecule has 296 valence electrons. The van der Waals surface area contributed by atoms with Gasteiger partial charge in [-0.1, -0.05) is 60.7 Å². The molecule has 2 aromatic carbocycles. The third-order valence-electron chi connectivity index (χ3n) is 7.84. The molecule has 0 saturated carbocycles. The van der Waals surface area contributed by atoms with E-state index in [9.17, 15) is 34.5 Å². The van der Waals surface area contributed by atoms with E-state index in [0.717, 1.165) is 24.2 Å². The van der Waals surface area contributed by atoms with Gasteiger partial charge in [-0.25, -0.2) is 19.9 Å². The molecule has 7 rings (SSSR count). The number of benzene rings is 2. The first-order valence-corrected chi connectivity index (χ1v) is 17.5. The number of nitrogens with one attached hydrogen (secondary N) is 2. The molecule has 58 heavy (non-hydrogen) atoms. The van der Waals surface area contributed by atoms with Gasteiger partial charge in [0.25, 0.3) is 0 Å². The lowest BCUT2D eigenvalue weighted by atomic mass is 10.1. The Hall–Kier alpha value is -6.97. The summed E-state index contributed by atoms with van der Waals surface area (Å²) in [6.07, 6.45) is 28.4. The fraction of sp³-hybridized carbons (Fsp3) is 0.0500. The van der Waals surface area contributed by atoms with Crippen LogP contribution < -0.4 is 30.5 Å². The van der Waals surface area contributed by atoms with Crippen LogP contribution in [0.1, 0.15) is 22.3 Å². The van der Waals surface area contributed by atoms with E-state index in [1.54, 1.807) is 24.8 Å². The Labute approximate surface area is 328 Å². The molecule has 0 bridgehead atoms. The molecule has 0 fully saturated rings. The number of anilines is 2. The van der Waals surface area contributed by atoms with Crippen molar-refractivity contribution >= 4 is 38.3 Å². The number of nitrogens with zero attached hydrogens (tertiary/aromatic N) is 6. The molecule has 0 radical (unpaired) electrons. The van der Waals surface area contributed by atoms with Crippen molar-refractivity contribution in [2.24, 2.45) is 0 Å². The first-order chi connectivity index (χ1) is 27.8. The molecule has 0 saturated heterocycles. The number of hydrogen-bond acceptors (Lipinski definition) is 6. The van der Waals surface area contributed by atoms with Crippen LogP contribution in [0.5, 0.6) is 0 Å². The van der Waals surface area contributed by atoms with Crippen molar-refractivity contribution in [1.82, 2.24) is 19.9 Å². The van der Waals surface area contributed by atoms with Gasteiger partial charge in [0.05, 0.1) is 0 Å². The lowest BCUT2D eigenvalue weighted by molar-refractivity contribution is -0.596.